The fourth-order valence-electron chi connectivity index (χ4n) is 1.35. The Morgan fingerprint density at radius 1 is 1.08 bits per heavy atom. The summed E-state index contributed by atoms with van der Waals surface area (Å²) >= 11 is 3.69. The molecule has 0 amide bonds. The molecule has 0 aromatic carbocycles. The average molecular weight is 251 g/mol. The molecule has 1 unspecified atom stereocenters. The predicted octanol–water partition coefficient (Wildman–Crippen LogP) is 4.15. The second kappa shape index (κ2) is 10.5. The van der Waals surface area contributed by atoms with E-state index in [9.17, 15) is 0 Å². The van der Waals surface area contributed by atoms with Crippen molar-refractivity contribution in [2.75, 3.05) is 13.2 Å². The van der Waals surface area contributed by atoms with Gasteiger partial charge in [-0.2, -0.15) is 0 Å². The molecule has 0 radical (unpaired) electrons. The maximum absolute atomic E-state index is 5.28. The van der Waals surface area contributed by atoms with Crippen molar-refractivity contribution in [2.24, 2.45) is 0 Å². The van der Waals surface area contributed by atoms with Crippen molar-refractivity contribution < 1.29 is 4.74 Å². The Labute approximate surface area is 91.4 Å². The molecule has 0 rings (SSSR count). The number of halogens is 1. The zero-order valence-corrected chi connectivity index (χ0v) is 10.6. The van der Waals surface area contributed by atoms with E-state index in [1.807, 2.05) is 0 Å². The van der Waals surface area contributed by atoms with Crippen LogP contribution >= 0.6 is 15.9 Å². The first-order valence-electron chi connectivity index (χ1n) is 5.53. The third kappa shape index (κ3) is 10.4. The molecule has 0 heterocycles. The first kappa shape index (κ1) is 13.4. The highest BCUT2D eigenvalue weighted by Gasteiger charge is 2.01. The Morgan fingerprint density at radius 2 is 1.85 bits per heavy atom. The minimum atomic E-state index is 0.740. The number of ether oxygens (including phenoxy) is 1. The molecule has 0 aromatic heterocycles. The van der Waals surface area contributed by atoms with Crippen molar-refractivity contribution in [3.05, 3.63) is 0 Å². The van der Waals surface area contributed by atoms with Crippen molar-refractivity contribution in [1.82, 2.24) is 0 Å². The van der Waals surface area contributed by atoms with Gasteiger partial charge < -0.3 is 4.74 Å². The van der Waals surface area contributed by atoms with Crippen LogP contribution in [0.3, 0.4) is 0 Å². The van der Waals surface area contributed by atoms with Crippen LogP contribution in [0.4, 0.5) is 0 Å². The third-order valence-electron chi connectivity index (χ3n) is 2.11. The molecule has 0 aliphatic carbocycles. The summed E-state index contributed by atoms with van der Waals surface area (Å²) in [5.41, 5.74) is 0. The standard InChI is InChI=1S/C11H23BrO/c1-3-8-11(12)9-6-5-7-10-13-4-2/h11H,3-10H2,1-2H3. The van der Waals surface area contributed by atoms with Crippen molar-refractivity contribution in [2.45, 2.75) is 57.2 Å². The van der Waals surface area contributed by atoms with Crippen molar-refractivity contribution in [3.63, 3.8) is 0 Å². The molecule has 1 atom stereocenters. The summed E-state index contributed by atoms with van der Waals surface area (Å²) < 4.78 is 5.28. The fraction of sp³-hybridized carbons (Fsp3) is 1.00. The van der Waals surface area contributed by atoms with Crippen LogP contribution in [0.5, 0.6) is 0 Å². The number of hydrogen-bond acceptors (Lipinski definition) is 1. The van der Waals surface area contributed by atoms with Crippen LogP contribution in [0, 0.1) is 0 Å². The summed E-state index contributed by atoms with van der Waals surface area (Å²) in [6.07, 6.45) is 7.79. The molecule has 0 fully saturated rings. The van der Waals surface area contributed by atoms with Gasteiger partial charge >= 0.3 is 0 Å². The molecule has 0 aromatic rings. The Morgan fingerprint density at radius 3 is 2.46 bits per heavy atom. The van der Waals surface area contributed by atoms with Crippen LogP contribution in [-0.2, 0) is 4.74 Å². The monoisotopic (exact) mass is 250 g/mol. The molecule has 1 nitrogen and oxygen atoms in total. The topological polar surface area (TPSA) is 9.23 Å². The summed E-state index contributed by atoms with van der Waals surface area (Å²) in [6.45, 7) is 6.09. The van der Waals surface area contributed by atoms with Gasteiger partial charge in [0.25, 0.3) is 0 Å². The van der Waals surface area contributed by atoms with Crippen LogP contribution in [0.25, 0.3) is 0 Å². The molecule has 0 aliphatic heterocycles. The van der Waals surface area contributed by atoms with Crippen LogP contribution in [0.15, 0.2) is 0 Å². The van der Waals surface area contributed by atoms with Gasteiger partial charge in [-0.1, -0.05) is 42.1 Å². The first-order valence-corrected chi connectivity index (χ1v) is 6.44. The smallest absolute Gasteiger partial charge is 0.0465 e. The van der Waals surface area contributed by atoms with E-state index in [0.717, 1.165) is 18.0 Å². The number of unbranched alkanes of at least 4 members (excludes halogenated alkanes) is 2. The molecule has 0 spiro atoms. The van der Waals surface area contributed by atoms with Gasteiger partial charge in [-0.25, -0.2) is 0 Å². The minimum Gasteiger partial charge on any atom is -0.382 e. The SMILES string of the molecule is CCCC(Br)CCCCCOCC. The van der Waals surface area contributed by atoms with E-state index in [-0.39, 0.29) is 0 Å². The number of alkyl halides is 1. The predicted molar refractivity (Wildman–Crippen MR) is 62.6 cm³/mol. The lowest BCUT2D eigenvalue weighted by atomic mass is 10.1. The molecule has 0 bridgehead atoms. The van der Waals surface area contributed by atoms with E-state index >= 15 is 0 Å². The summed E-state index contributed by atoms with van der Waals surface area (Å²) in [7, 11) is 0. The van der Waals surface area contributed by atoms with Crippen molar-refractivity contribution >= 4 is 15.9 Å². The summed E-state index contributed by atoms with van der Waals surface area (Å²) in [5, 5.41) is 0. The van der Waals surface area contributed by atoms with Crippen LogP contribution in [0.2, 0.25) is 0 Å². The second-order valence-electron chi connectivity index (χ2n) is 3.43. The van der Waals surface area contributed by atoms with Gasteiger partial charge in [0, 0.05) is 18.0 Å². The quantitative estimate of drug-likeness (QED) is 0.442. The van der Waals surface area contributed by atoms with E-state index in [2.05, 4.69) is 29.8 Å². The molecular weight excluding hydrogens is 228 g/mol. The minimum absolute atomic E-state index is 0.740. The lowest BCUT2D eigenvalue weighted by Gasteiger charge is -2.07. The van der Waals surface area contributed by atoms with E-state index < -0.39 is 0 Å². The third-order valence-corrected chi connectivity index (χ3v) is 3.03. The molecule has 2 heteroatoms. The molecule has 0 N–H and O–H groups in total. The van der Waals surface area contributed by atoms with Crippen molar-refractivity contribution in [3.8, 4) is 0 Å². The van der Waals surface area contributed by atoms with Gasteiger partial charge in [-0.15, -0.1) is 0 Å². The van der Waals surface area contributed by atoms with E-state index in [1.165, 1.54) is 38.5 Å². The Kier molecular flexibility index (Phi) is 10.9. The maximum Gasteiger partial charge on any atom is 0.0465 e. The molecular formula is C11H23BrO. The van der Waals surface area contributed by atoms with Gasteiger partial charge in [-0.3, -0.25) is 0 Å². The Hall–Kier alpha value is 0.440. The second-order valence-corrected chi connectivity index (χ2v) is 4.73. The van der Waals surface area contributed by atoms with Gasteiger partial charge in [0.15, 0.2) is 0 Å². The summed E-state index contributed by atoms with van der Waals surface area (Å²) in [6, 6.07) is 0. The van der Waals surface area contributed by atoms with Gasteiger partial charge in [0.05, 0.1) is 0 Å². The highest BCUT2D eigenvalue weighted by molar-refractivity contribution is 9.09. The average Bonchev–Trinajstić information content (AvgIpc) is 2.11. The molecule has 0 saturated heterocycles. The normalized spacial score (nSPS) is 13.2. The fourth-order valence-corrected chi connectivity index (χ4v) is 2.13. The molecule has 0 saturated carbocycles. The van der Waals surface area contributed by atoms with Gasteiger partial charge in [0.1, 0.15) is 0 Å². The molecule has 13 heavy (non-hydrogen) atoms. The lowest BCUT2D eigenvalue weighted by molar-refractivity contribution is 0.143. The van der Waals surface area contributed by atoms with Gasteiger partial charge in [-0.05, 0) is 26.2 Å². The van der Waals surface area contributed by atoms with Crippen LogP contribution in [-0.4, -0.2) is 18.0 Å². The number of hydrogen-bond donors (Lipinski definition) is 0. The Bertz CT molecular complexity index is 96.1. The van der Waals surface area contributed by atoms with Crippen LogP contribution < -0.4 is 0 Å². The highest BCUT2D eigenvalue weighted by Crippen LogP contribution is 2.15. The van der Waals surface area contributed by atoms with E-state index in [4.69, 9.17) is 4.74 Å². The molecule has 0 aliphatic rings. The zero-order valence-electron chi connectivity index (χ0n) is 9.02. The summed E-state index contributed by atoms with van der Waals surface area (Å²) in [5.74, 6) is 0. The van der Waals surface area contributed by atoms with E-state index in [0.29, 0.717) is 0 Å². The number of rotatable bonds is 9. The van der Waals surface area contributed by atoms with E-state index in [1.54, 1.807) is 0 Å². The largest absolute Gasteiger partial charge is 0.382 e. The van der Waals surface area contributed by atoms with Gasteiger partial charge in [0.2, 0.25) is 0 Å². The van der Waals surface area contributed by atoms with Crippen LogP contribution in [0.1, 0.15) is 52.4 Å². The molecule has 80 valence electrons. The Balaban J connectivity index is 2.97. The summed E-state index contributed by atoms with van der Waals surface area (Å²) in [4.78, 5) is 0.740. The highest BCUT2D eigenvalue weighted by atomic mass is 79.9. The van der Waals surface area contributed by atoms with Crippen molar-refractivity contribution in [1.29, 1.82) is 0 Å². The zero-order chi connectivity index (χ0) is 9.94. The lowest BCUT2D eigenvalue weighted by Crippen LogP contribution is -1.98. The maximum atomic E-state index is 5.28. The first-order chi connectivity index (χ1) is 6.31.